The van der Waals surface area contributed by atoms with Crippen molar-refractivity contribution < 1.29 is 0 Å². The van der Waals surface area contributed by atoms with Gasteiger partial charge in [-0.1, -0.05) is 15.9 Å². The molecule has 3 rings (SSSR count). The second kappa shape index (κ2) is 5.22. The molecule has 1 N–H and O–H groups in total. The van der Waals surface area contributed by atoms with Gasteiger partial charge in [0.2, 0.25) is 0 Å². The van der Waals surface area contributed by atoms with Crippen LogP contribution in [0.15, 0.2) is 22.7 Å². The number of benzene rings is 1. The third-order valence-electron chi connectivity index (χ3n) is 4.52. The molecule has 3 heteroatoms. The van der Waals surface area contributed by atoms with Gasteiger partial charge in [-0.15, -0.1) is 0 Å². The molecule has 1 fully saturated rings. The van der Waals surface area contributed by atoms with Crippen LogP contribution in [0.25, 0.3) is 0 Å². The molecule has 1 saturated carbocycles. The normalized spacial score (nSPS) is 27.3. The van der Waals surface area contributed by atoms with Gasteiger partial charge in [0.05, 0.1) is 0 Å². The lowest BCUT2D eigenvalue weighted by Gasteiger charge is -2.36. The average Bonchev–Trinajstić information content (AvgIpc) is 2.81. The maximum absolute atomic E-state index is 3.57. The van der Waals surface area contributed by atoms with E-state index in [1.165, 1.54) is 54.4 Å². The minimum absolute atomic E-state index is 0.744. The summed E-state index contributed by atoms with van der Waals surface area (Å²) in [5.41, 5.74) is 2.99. The Hall–Kier alpha value is -0.540. The van der Waals surface area contributed by atoms with E-state index in [1.54, 1.807) is 0 Å². The number of hydrogen-bond donors (Lipinski definition) is 1. The first-order valence-electron chi connectivity index (χ1n) is 7.00. The minimum atomic E-state index is 0.744. The summed E-state index contributed by atoms with van der Waals surface area (Å²) < 4.78 is 1.21. The molecule has 98 valence electrons. The first-order valence-corrected chi connectivity index (χ1v) is 7.79. The van der Waals surface area contributed by atoms with Gasteiger partial charge in [-0.2, -0.15) is 0 Å². The Bertz CT molecular complexity index is 425. The van der Waals surface area contributed by atoms with Gasteiger partial charge >= 0.3 is 0 Å². The Morgan fingerprint density at radius 3 is 2.72 bits per heavy atom. The van der Waals surface area contributed by atoms with Crippen LogP contribution in [-0.2, 0) is 6.42 Å². The summed E-state index contributed by atoms with van der Waals surface area (Å²) in [6, 6.07) is 8.26. The van der Waals surface area contributed by atoms with Crippen molar-refractivity contribution in [2.45, 2.75) is 44.2 Å². The number of fused-ring (bicyclic) bond motifs is 1. The number of rotatable bonds is 2. The van der Waals surface area contributed by atoms with E-state index in [2.05, 4.69) is 51.4 Å². The van der Waals surface area contributed by atoms with Crippen LogP contribution in [0.1, 0.15) is 31.2 Å². The fourth-order valence-electron chi connectivity index (χ4n) is 3.45. The number of hydrogen-bond acceptors (Lipinski definition) is 2. The monoisotopic (exact) mass is 308 g/mol. The fourth-order valence-corrected chi connectivity index (χ4v) is 3.86. The van der Waals surface area contributed by atoms with Crippen LogP contribution in [0.3, 0.4) is 0 Å². The van der Waals surface area contributed by atoms with Gasteiger partial charge in [0, 0.05) is 28.8 Å². The summed E-state index contributed by atoms with van der Waals surface area (Å²) >= 11 is 3.57. The third kappa shape index (κ3) is 2.30. The van der Waals surface area contributed by atoms with E-state index < -0.39 is 0 Å². The highest BCUT2D eigenvalue weighted by atomic mass is 79.9. The summed E-state index contributed by atoms with van der Waals surface area (Å²) in [7, 11) is 2.09. The molecular formula is C15H21BrN2. The summed E-state index contributed by atoms with van der Waals surface area (Å²) in [6.07, 6.45) is 6.52. The largest absolute Gasteiger partial charge is 0.368 e. The molecule has 0 saturated heterocycles. The van der Waals surface area contributed by atoms with Crippen molar-refractivity contribution in [3.63, 3.8) is 0 Å². The molecule has 0 atom stereocenters. The van der Waals surface area contributed by atoms with Crippen LogP contribution in [-0.4, -0.2) is 25.7 Å². The standard InChI is InChI=1S/C15H21BrN2/c1-17-13-3-5-14(6-4-13)18-9-8-11-10-12(16)2-7-15(11)18/h2,7,10,13-14,17H,3-6,8-9H2,1H3. The molecule has 2 aliphatic rings. The van der Waals surface area contributed by atoms with Gasteiger partial charge in [0.1, 0.15) is 0 Å². The molecule has 0 amide bonds. The zero-order chi connectivity index (χ0) is 12.5. The molecule has 18 heavy (non-hydrogen) atoms. The molecule has 1 aliphatic carbocycles. The molecule has 1 aromatic carbocycles. The fraction of sp³-hybridized carbons (Fsp3) is 0.600. The zero-order valence-corrected chi connectivity index (χ0v) is 12.5. The first-order chi connectivity index (χ1) is 8.78. The summed E-state index contributed by atoms with van der Waals surface area (Å²) in [5.74, 6) is 0. The van der Waals surface area contributed by atoms with Crippen LogP contribution in [0.4, 0.5) is 5.69 Å². The highest BCUT2D eigenvalue weighted by Gasteiger charge is 2.29. The molecular weight excluding hydrogens is 288 g/mol. The van der Waals surface area contributed by atoms with Gasteiger partial charge in [-0.3, -0.25) is 0 Å². The predicted molar refractivity (Wildman–Crippen MR) is 80.3 cm³/mol. The highest BCUT2D eigenvalue weighted by molar-refractivity contribution is 9.10. The van der Waals surface area contributed by atoms with Gasteiger partial charge in [0.25, 0.3) is 0 Å². The molecule has 0 bridgehead atoms. The second-order valence-corrected chi connectivity index (χ2v) is 6.43. The number of anilines is 1. The summed E-state index contributed by atoms with van der Waals surface area (Å²) in [6.45, 7) is 1.21. The zero-order valence-electron chi connectivity index (χ0n) is 11.0. The molecule has 0 radical (unpaired) electrons. The van der Waals surface area contributed by atoms with E-state index in [-0.39, 0.29) is 0 Å². The maximum atomic E-state index is 3.57. The third-order valence-corrected chi connectivity index (χ3v) is 5.01. The van der Waals surface area contributed by atoms with Gasteiger partial charge in [-0.25, -0.2) is 0 Å². The SMILES string of the molecule is CNC1CCC(N2CCc3cc(Br)ccc32)CC1. The van der Waals surface area contributed by atoms with Gasteiger partial charge < -0.3 is 10.2 Å². The number of nitrogens with zero attached hydrogens (tertiary/aromatic N) is 1. The molecule has 0 aromatic heterocycles. The van der Waals surface area contributed by atoms with Gasteiger partial charge in [-0.05, 0) is 62.9 Å². The van der Waals surface area contributed by atoms with E-state index in [9.17, 15) is 0 Å². The smallest absolute Gasteiger partial charge is 0.0402 e. The molecule has 0 unspecified atom stereocenters. The van der Waals surface area contributed by atoms with E-state index in [0.29, 0.717) is 0 Å². The Balaban J connectivity index is 1.73. The van der Waals surface area contributed by atoms with E-state index in [1.807, 2.05) is 0 Å². The maximum Gasteiger partial charge on any atom is 0.0402 e. The van der Waals surface area contributed by atoms with Crippen LogP contribution < -0.4 is 10.2 Å². The molecule has 0 spiro atoms. The van der Waals surface area contributed by atoms with Crippen molar-refractivity contribution in [3.05, 3.63) is 28.2 Å². The van der Waals surface area contributed by atoms with Crippen LogP contribution in [0.5, 0.6) is 0 Å². The number of halogens is 1. The Morgan fingerprint density at radius 1 is 1.22 bits per heavy atom. The van der Waals surface area contributed by atoms with E-state index in [4.69, 9.17) is 0 Å². The average molecular weight is 309 g/mol. The van der Waals surface area contributed by atoms with Crippen molar-refractivity contribution in [1.29, 1.82) is 0 Å². The van der Waals surface area contributed by atoms with E-state index >= 15 is 0 Å². The predicted octanol–water partition coefficient (Wildman–Crippen LogP) is 3.34. The molecule has 1 aliphatic heterocycles. The Kier molecular flexibility index (Phi) is 3.62. The summed E-state index contributed by atoms with van der Waals surface area (Å²) in [5, 5.41) is 3.42. The number of nitrogens with one attached hydrogen (secondary N) is 1. The molecule has 1 heterocycles. The van der Waals surface area contributed by atoms with Crippen molar-refractivity contribution >= 4 is 21.6 Å². The van der Waals surface area contributed by atoms with Crippen LogP contribution in [0, 0.1) is 0 Å². The van der Waals surface area contributed by atoms with Crippen molar-refractivity contribution in [3.8, 4) is 0 Å². The van der Waals surface area contributed by atoms with Crippen molar-refractivity contribution in [2.24, 2.45) is 0 Å². The Labute approximate surface area is 118 Å². The lowest BCUT2D eigenvalue weighted by atomic mass is 9.90. The van der Waals surface area contributed by atoms with Gasteiger partial charge in [0.15, 0.2) is 0 Å². The Morgan fingerprint density at radius 2 is 2.00 bits per heavy atom. The summed E-state index contributed by atoms with van der Waals surface area (Å²) in [4.78, 5) is 2.65. The lowest BCUT2D eigenvalue weighted by Crippen LogP contribution is -2.41. The first kappa shape index (κ1) is 12.5. The molecule has 2 nitrogen and oxygen atoms in total. The van der Waals surface area contributed by atoms with Crippen LogP contribution >= 0.6 is 15.9 Å². The highest BCUT2D eigenvalue weighted by Crippen LogP contribution is 2.35. The van der Waals surface area contributed by atoms with E-state index in [0.717, 1.165) is 12.1 Å². The second-order valence-electron chi connectivity index (χ2n) is 5.51. The van der Waals surface area contributed by atoms with Crippen molar-refractivity contribution in [1.82, 2.24) is 5.32 Å². The minimum Gasteiger partial charge on any atom is -0.368 e. The molecule has 1 aromatic rings. The topological polar surface area (TPSA) is 15.3 Å². The lowest BCUT2D eigenvalue weighted by molar-refractivity contribution is 0.347. The quantitative estimate of drug-likeness (QED) is 0.901. The van der Waals surface area contributed by atoms with Crippen LogP contribution in [0.2, 0.25) is 0 Å². The van der Waals surface area contributed by atoms with Crippen molar-refractivity contribution in [2.75, 3.05) is 18.5 Å².